The monoisotopic (exact) mass is 437 g/mol. The van der Waals surface area contributed by atoms with Crippen LogP contribution in [0.25, 0.3) is 11.6 Å². The van der Waals surface area contributed by atoms with E-state index >= 15 is 0 Å². The van der Waals surface area contributed by atoms with Crippen LogP contribution < -0.4 is 4.74 Å². The average Bonchev–Trinajstić information content (AvgIpc) is 2.67. The van der Waals surface area contributed by atoms with Crippen LogP contribution in [-0.2, 0) is 0 Å². The van der Waals surface area contributed by atoms with Gasteiger partial charge in [0.15, 0.2) is 0 Å². The van der Waals surface area contributed by atoms with Gasteiger partial charge in [-0.3, -0.25) is 0 Å². The molecule has 0 amide bonds. The van der Waals surface area contributed by atoms with Crippen molar-refractivity contribution in [2.24, 2.45) is 0 Å². The van der Waals surface area contributed by atoms with Gasteiger partial charge in [0.25, 0.3) is 0 Å². The summed E-state index contributed by atoms with van der Waals surface area (Å²) in [5.41, 5.74) is 2.39. The minimum Gasteiger partial charge on any atom is -0.423 e. The Labute approximate surface area is 170 Å². The van der Waals surface area contributed by atoms with E-state index in [1.807, 2.05) is 12.1 Å². The van der Waals surface area contributed by atoms with Crippen molar-refractivity contribution in [2.75, 3.05) is 0 Å². The highest BCUT2D eigenvalue weighted by atomic mass is 79.9. The zero-order valence-corrected chi connectivity index (χ0v) is 16.4. The summed E-state index contributed by atoms with van der Waals surface area (Å²) in [5.74, 6) is -0.0426. The summed E-state index contributed by atoms with van der Waals surface area (Å²) < 4.78 is 6.32. The summed E-state index contributed by atoms with van der Waals surface area (Å²) in [5, 5.41) is 10.0. The maximum absolute atomic E-state index is 12.3. The molecule has 0 aromatic heterocycles. The molecule has 0 saturated carbocycles. The number of benzene rings is 3. The van der Waals surface area contributed by atoms with Crippen LogP contribution in [0.15, 0.2) is 77.3 Å². The molecule has 0 unspecified atom stereocenters. The van der Waals surface area contributed by atoms with Crippen LogP contribution in [0.4, 0.5) is 0 Å². The topological polar surface area (TPSA) is 50.1 Å². The molecule has 3 rings (SSSR count). The van der Waals surface area contributed by atoms with E-state index in [-0.39, 0.29) is 0 Å². The van der Waals surface area contributed by atoms with Gasteiger partial charge >= 0.3 is 5.97 Å². The third kappa shape index (κ3) is 5.07. The second kappa shape index (κ2) is 8.68. The van der Waals surface area contributed by atoms with E-state index in [1.165, 1.54) is 0 Å². The lowest BCUT2D eigenvalue weighted by Crippen LogP contribution is -2.08. The van der Waals surface area contributed by atoms with Gasteiger partial charge in [-0.1, -0.05) is 51.8 Å². The number of esters is 1. The van der Waals surface area contributed by atoms with Crippen LogP contribution >= 0.6 is 27.5 Å². The summed E-state index contributed by atoms with van der Waals surface area (Å²) in [4.78, 5) is 12.3. The fourth-order valence-corrected chi connectivity index (χ4v) is 2.88. The van der Waals surface area contributed by atoms with Gasteiger partial charge in [0.1, 0.15) is 5.75 Å². The lowest BCUT2D eigenvalue weighted by molar-refractivity contribution is 0.0735. The fraction of sp³-hybridized carbons (Fsp3) is 0. The zero-order valence-electron chi connectivity index (χ0n) is 14.0. The Bertz CT molecular complexity index is 1050. The minimum absolute atomic E-state index is 0.403. The van der Waals surface area contributed by atoms with E-state index in [9.17, 15) is 10.1 Å². The molecule has 0 bridgehead atoms. The van der Waals surface area contributed by atoms with E-state index in [4.69, 9.17) is 16.3 Å². The lowest BCUT2D eigenvalue weighted by atomic mass is 10.0. The van der Waals surface area contributed by atoms with E-state index in [0.717, 1.165) is 15.6 Å². The van der Waals surface area contributed by atoms with Gasteiger partial charge in [0.05, 0.1) is 17.2 Å². The Hall–Kier alpha value is -2.87. The highest BCUT2D eigenvalue weighted by Gasteiger charge is 2.09. The number of allylic oxidation sites excluding steroid dienone is 1. The molecule has 3 aromatic carbocycles. The maximum atomic E-state index is 12.3. The number of carbonyl (C=O) groups is 1. The largest absolute Gasteiger partial charge is 0.423 e. The van der Waals surface area contributed by atoms with Crippen LogP contribution in [0.5, 0.6) is 5.75 Å². The SMILES string of the molecule is N#C/C(=C/c1cccc(OC(=O)c2ccc(Br)cc2)c1)c1cccc(Cl)c1. The lowest BCUT2D eigenvalue weighted by Gasteiger charge is -2.06. The van der Waals surface area contributed by atoms with Crippen molar-refractivity contribution in [1.29, 1.82) is 5.26 Å². The number of hydrogen-bond acceptors (Lipinski definition) is 3. The molecule has 0 aliphatic rings. The van der Waals surface area contributed by atoms with Crippen molar-refractivity contribution in [1.82, 2.24) is 0 Å². The summed E-state index contributed by atoms with van der Waals surface area (Å²) in [6.07, 6.45) is 1.72. The third-order valence-electron chi connectivity index (χ3n) is 3.72. The van der Waals surface area contributed by atoms with Gasteiger partial charge in [-0.25, -0.2) is 4.79 Å². The molecule has 0 fully saturated rings. The second-order valence-corrected chi connectivity index (χ2v) is 7.00. The normalized spacial score (nSPS) is 10.9. The number of ether oxygens (including phenoxy) is 1. The van der Waals surface area contributed by atoms with Crippen molar-refractivity contribution < 1.29 is 9.53 Å². The van der Waals surface area contributed by atoms with Crippen molar-refractivity contribution in [2.45, 2.75) is 0 Å². The van der Waals surface area contributed by atoms with Gasteiger partial charge in [-0.2, -0.15) is 5.26 Å². The van der Waals surface area contributed by atoms with Gasteiger partial charge in [0, 0.05) is 9.50 Å². The van der Waals surface area contributed by atoms with Crippen LogP contribution in [0.1, 0.15) is 21.5 Å². The molecular formula is C22H13BrClNO2. The molecule has 0 heterocycles. The number of nitrogens with zero attached hydrogens (tertiary/aromatic N) is 1. The number of halogens is 2. The number of carbonyl (C=O) groups excluding carboxylic acids is 1. The Morgan fingerprint density at radius 1 is 1.00 bits per heavy atom. The molecule has 0 N–H and O–H groups in total. The molecular weight excluding hydrogens is 426 g/mol. The van der Waals surface area contributed by atoms with Gasteiger partial charge in [-0.05, 0) is 65.7 Å². The first-order valence-electron chi connectivity index (χ1n) is 8.01. The van der Waals surface area contributed by atoms with Crippen LogP contribution in [0.3, 0.4) is 0 Å². The van der Waals surface area contributed by atoms with E-state index < -0.39 is 5.97 Å². The Morgan fingerprint density at radius 2 is 1.74 bits per heavy atom. The van der Waals surface area contributed by atoms with Crippen LogP contribution in [0.2, 0.25) is 5.02 Å². The summed E-state index contributed by atoms with van der Waals surface area (Å²) >= 11 is 9.33. The molecule has 5 heteroatoms. The van der Waals surface area contributed by atoms with E-state index in [2.05, 4.69) is 22.0 Å². The Kier molecular flexibility index (Phi) is 6.08. The Morgan fingerprint density at radius 3 is 2.44 bits per heavy atom. The fourth-order valence-electron chi connectivity index (χ4n) is 2.42. The Balaban J connectivity index is 1.83. The summed E-state index contributed by atoms with van der Waals surface area (Å²) in [7, 11) is 0. The predicted molar refractivity (Wildman–Crippen MR) is 110 cm³/mol. The van der Waals surface area contributed by atoms with Gasteiger partial charge in [-0.15, -0.1) is 0 Å². The van der Waals surface area contributed by atoms with Gasteiger partial charge in [0.2, 0.25) is 0 Å². The first-order valence-corrected chi connectivity index (χ1v) is 9.18. The molecule has 0 atom stereocenters. The molecule has 132 valence electrons. The highest BCUT2D eigenvalue weighted by molar-refractivity contribution is 9.10. The molecule has 0 spiro atoms. The smallest absolute Gasteiger partial charge is 0.343 e. The maximum Gasteiger partial charge on any atom is 0.343 e. The highest BCUT2D eigenvalue weighted by Crippen LogP contribution is 2.23. The minimum atomic E-state index is -0.445. The first-order chi connectivity index (χ1) is 13.0. The summed E-state index contributed by atoms with van der Waals surface area (Å²) in [6, 6.07) is 23.2. The second-order valence-electron chi connectivity index (χ2n) is 5.65. The molecule has 0 aliphatic carbocycles. The van der Waals surface area contributed by atoms with Crippen molar-refractivity contribution in [3.8, 4) is 11.8 Å². The molecule has 0 aliphatic heterocycles. The molecule has 3 nitrogen and oxygen atoms in total. The quantitative estimate of drug-likeness (QED) is 0.205. The van der Waals surface area contributed by atoms with Crippen molar-refractivity contribution in [3.63, 3.8) is 0 Å². The van der Waals surface area contributed by atoms with E-state index in [0.29, 0.717) is 21.9 Å². The van der Waals surface area contributed by atoms with Crippen LogP contribution in [-0.4, -0.2) is 5.97 Å². The summed E-state index contributed by atoms with van der Waals surface area (Å²) in [6.45, 7) is 0. The number of rotatable bonds is 4. The predicted octanol–water partition coefficient (Wildman–Crippen LogP) is 6.39. The molecule has 27 heavy (non-hydrogen) atoms. The number of hydrogen-bond donors (Lipinski definition) is 0. The van der Waals surface area contributed by atoms with Gasteiger partial charge < -0.3 is 4.74 Å². The molecule has 3 aromatic rings. The van der Waals surface area contributed by atoms with E-state index in [1.54, 1.807) is 66.7 Å². The molecule has 0 saturated heterocycles. The van der Waals surface area contributed by atoms with Crippen LogP contribution in [0, 0.1) is 11.3 Å². The van der Waals surface area contributed by atoms with Crippen molar-refractivity contribution >= 4 is 45.1 Å². The molecule has 0 radical (unpaired) electrons. The third-order valence-corrected chi connectivity index (χ3v) is 4.48. The first kappa shape index (κ1) is 18.9. The average molecular weight is 439 g/mol. The number of nitriles is 1. The van der Waals surface area contributed by atoms with Crippen molar-refractivity contribution in [3.05, 3.63) is 99.0 Å². The zero-order chi connectivity index (χ0) is 19.2. The standard InChI is InChI=1S/C22H13BrClNO2/c23-19-9-7-16(8-10-19)22(26)27-21-6-1-3-15(12-21)11-18(14-25)17-4-2-5-20(24)13-17/h1-13H/b18-11-.